The number of nitrogens with one attached hydrogen (secondary N) is 2. The van der Waals surface area contributed by atoms with Crippen molar-refractivity contribution in [2.24, 2.45) is 11.8 Å². The molecule has 0 bridgehead atoms. The number of likely N-dealkylation sites (N-methyl/N-ethyl adjacent to an activating group) is 1. The van der Waals surface area contributed by atoms with Gasteiger partial charge in [0.05, 0.1) is 13.0 Å². The second-order valence-corrected chi connectivity index (χ2v) is 16.0. The Morgan fingerprint density at radius 2 is 1.61 bits per heavy atom. The van der Waals surface area contributed by atoms with Crippen LogP contribution in [0.4, 0.5) is 0 Å². The van der Waals surface area contributed by atoms with Gasteiger partial charge in [-0.3, -0.25) is 4.79 Å². The number of hydrogen-bond donors (Lipinski definition) is 2. The van der Waals surface area contributed by atoms with E-state index in [1.54, 1.807) is 6.33 Å². The van der Waals surface area contributed by atoms with Gasteiger partial charge in [0.1, 0.15) is 0 Å². The second-order valence-electron chi connectivity index (χ2n) is 11.1. The fourth-order valence-corrected chi connectivity index (χ4v) is 10.8. The summed E-state index contributed by atoms with van der Waals surface area (Å²) in [5.41, 5.74) is 3.29. The molecule has 4 heterocycles. The molecule has 41 heavy (non-hydrogen) atoms. The zero-order valence-electron chi connectivity index (χ0n) is 25.9. The predicted molar refractivity (Wildman–Crippen MR) is 165 cm³/mol. The maximum absolute atomic E-state index is 12.5. The van der Waals surface area contributed by atoms with E-state index in [-0.39, 0.29) is 11.8 Å². The number of ether oxygens (including phenoxy) is 2. The molecule has 2 saturated heterocycles. The summed E-state index contributed by atoms with van der Waals surface area (Å²) in [5.74, 6) is 1.73. The van der Waals surface area contributed by atoms with E-state index < -0.39 is 14.7 Å². The maximum atomic E-state index is 12.5. The van der Waals surface area contributed by atoms with Crippen LogP contribution in [0.2, 0.25) is 10.4 Å². The van der Waals surface area contributed by atoms with Gasteiger partial charge in [0, 0.05) is 25.7 Å². The van der Waals surface area contributed by atoms with Crippen molar-refractivity contribution in [2.45, 2.75) is 69.8 Å². The van der Waals surface area contributed by atoms with Gasteiger partial charge in [-0.1, -0.05) is 6.92 Å². The molecule has 230 valence electrons. The average molecular weight is 635 g/mol. The summed E-state index contributed by atoms with van der Waals surface area (Å²) in [4.78, 5) is 40.5. The summed E-state index contributed by atoms with van der Waals surface area (Å²) in [7, 11) is 1.97. The predicted octanol–water partition coefficient (Wildman–Crippen LogP) is 2.82. The number of H-pyrrole nitrogens is 1. The van der Waals surface area contributed by atoms with E-state index in [1.165, 1.54) is 4.48 Å². The molecule has 0 aliphatic carbocycles. The first kappa shape index (κ1) is 33.5. The van der Waals surface area contributed by atoms with Crippen molar-refractivity contribution >= 4 is 42.0 Å². The molecule has 0 radical (unpaired) electrons. The van der Waals surface area contributed by atoms with Crippen LogP contribution < -0.4 is 9.80 Å². The van der Waals surface area contributed by atoms with Crippen LogP contribution >= 0.6 is 0 Å². The van der Waals surface area contributed by atoms with Gasteiger partial charge in [-0.2, -0.15) is 0 Å². The molecule has 4 rings (SSSR count). The molecule has 2 N–H and O–H groups in total. The van der Waals surface area contributed by atoms with Crippen LogP contribution in [0, 0.1) is 11.8 Å². The SMILES string of the molecule is CCOCCC(=O)N1CCC(C)C(NC)C1.CCOCCC(=O)N1CCC(C)C([As](C)c2ncnc3[nH]ccc23)C1. The van der Waals surface area contributed by atoms with Gasteiger partial charge in [0.2, 0.25) is 5.91 Å². The Hall–Kier alpha value is -2.00. The number of likely N-dealkylation sites (tertiary alicyclic amines) is 2. The molecule has 2 aliphatic heterocycles. The molecular weight excluding hydrogens is 583 g/mol. The molecule has 2 amide bonds. The van der Waals surface area contributed by atoms with Crippen molar-refractivity contribution in [1.82, 2.24) is 30.1 Å². The van der Waals surface area contributed by atoms with Crippen molar-refractivity contribution in [3.05, 3.63) is 18.6 Å². The molecule has 2 fully saturated rings. The van der Waals surface area contributed by atoms with Gasteiger partial charge in [0.25, 0.3) is 0 Å². The van der Waals surface area contributed by atoms with Gasteiger partial charge < -0.3 is 15.0 Å². The number of aromatic nitrogens is 3. The molecule has 2 aliphatic rings. The summed E-state index contributed by atoms with van der Waals surface area (Å²) in [6.07, 6.45) is 6.76. The summed E-state index contributed by atoms with van der Waals surface area (Å²) in [6, 6.07) is 2.51. The molecule has 5 unspecified atom stereocenters. The minimum absolute atomic E-state index is 0.223. The van der Waals surface area contributed by atoms with Crippen LogP contribution in [0.3, 0.4) is 0 Å². The first-order valence-electron chi connectivity index (χ1n) is 15.2. The molecular formula is C30H51AsN6O4. The number of aromatic amines is 1. The molecule has 10 nitrogen and oxygen atoms in total. The summed E-state index contributed by atoms with van der Waals surface area (Å²) >= 11 is -1.41. The summed E-state index contributed by atoms with van der Waals surface area (Å²) in [6.45, 7) is 14.3. The van der Waals surface area contributed by atoms with E-state index in [0.29, 0.717) is 61.9 Å². The van der Waals surface area contributed by atoms with Gasteiger partial charge >= 0.3 is 153 Å². The number of carbonyl (C=O) groups excluding carboxylic acids is 2. The number of rotatable bonds is 11. The third-order valence-corrected chi connectivity index (χ3v) is 14.1. The second kappa shape index (κ2) is 17.2. The van der Waals surface area contributed by atoms with Gasteiger partial charge in [0.15, 0.2) is 0 Å². The average Bonchev–Trinajstić information content (AvgIpc) is 3.47. The fourth-order valence-electron chi connectivity index (χ4n) is 5.67. The molecule has 2 aromatic rings. The Balaban J connectivity index is 0.000000250. The number of amides is 2. The standard InChI is InChI=1S/C18H27AsN4O2.C12H24N2O2/c1-4-25-10-7-16(24)23-9-6-13(2)15(11-23)19(3)17-14-5-8-20-18(14)22-12-21-17;1-4-16-8-6-12(15)14-7-5-10(2)11(9-14)13-3/h5,8,12-13,15H,4,6-7,9-11H2,1-3H3,(H,20,21,22);10-11,13H,4-9H2,1-3H3. The van der Waals surface area contributed by atoms with Crippen molar-refractivity contribution in [2.75, 3.05) is 59.7 Å². The number of carbonyl (C=O) groups is 2. The van der Waals surface area contributed by atoms with Crippen LogP contribution in [0.1, 0.15) is 53.4 Å². The van der Waals surface area contributed by atoms with Crippen LogP contribution in [0.25, 0.3) is 11.0 Å². The van der Waals surface area contributed by atoms with E-state index in [4.69, 9.17) is 9.47 Å². The van der Waals surface area contributed by atoms with Gasteiger partial charge in [-0.15, -0.1) is 0 Å². The first-order valence-corrected chi connectivity index (χ1v) is 19.1. The zero-order valence-corrected chi connectivity index (χ0v) is 27.8. The Morgan fingerprint density at radius 3 is 2.22 bits per heavy atom. The molecule has 2 aromatic heterocycles. The van der Waals surface area contributed by atoms with E-state index in [2.05, 4.69) is 45.9 Å². The zero-order chi connectivity index (χ0) is 29.8. The van der Waals surface area contributed by atoms with Crippen molar-refractivity contribution in [3.63, 3.8) is 0 Å². The van der Waals surface area contributed by atoms with Crippen molar-refractivity contribution in [1.29, 1.82) is 0 Å². The number of nitrogens with zero attached hydrogens (tertiary/aromatic N) is 4. The van der Waals surface area contributed by atoms with Crippen molar-refractivity contribution in [3.8, 4) is 0 Å². The van der Waals surface area contributed by atoms with Crippen LogP contribution in [-0.2, 0) is 19.1 Å². The Morgan fingerprint density at radius 1 is 1.00 bits per heavy atom. The summed E-state index contributed by atoms with van der Waals surface area (Å²) in [5, 5.41) is 4.43. The Bertz CT molecular complexity index is 1080. The third kappa shape index (κ3) is 9.50. The van der Waals surface area contributed by atoms with Gasteiger partial charge in [-0.05, 0) is 26.3 Å². The molecule has 0 spiro atoms. The number of piperidine rings is 2. The van der Waals surface area contributed by atoms with Crippen molar-refractivity contribution < 1.29 is 19.1 Å². The molecule has 5 atom stereocenters. The van der Waals surface area contributed by atoms with Crippen LogP contribution in [0.15, 0.2) is 18.6 Å². The van der Waals surface area contributed by atoms with Crippen LogP contribution in [0.5, 0.6) is 0 Å². The normalized spacial score (nSPS) is 23.7. The van der Waals surface area contributed by atoms with E-state index in [9.17, 15) is 9.59 Å². The first-order chi connectivity index (χ1) is 19.8. The molecule has 11 heteroatoms. The summed E-state index contributed by atoms with van der Waals surface area (Å²) < 4.78 is 12.3. The topological polar surface area (TPSA) is 113 Å². The molecule has 0 aromatic carbocycles. The van der Waals surface area contributed by atoms with E-state index in [1.807, 2.05) is 36.9 Å². The van der Waals surface area contributed by atoms with Crippen LogP contribution in [-0.4, -0.2) is 117 Å². The molecule has 0 saturated carbocycles. The third-order valence-electron chi connectivity index (χ3n) is 8.45. The van der Waals surface area contributed by atoms with E-state index in [0.717, 1.165) is 50.1 Å². The van der Waals surface area contributed by atoms with E-state index >= 15 is 0 Å². The minimum atomic E-state index is -1.41. The number of hydrogen-bond acceptors (Lipinski definition) is 7. The Labute approximate surface area is 250 Å². The Kier molecular flexibility index (Phi) is 14.1. The van der Waals surface area contributed by atoms with Gasteiger partial charge in [-0.25, -0.2) is 0 Å². The fraction of sp³-hybridized carbons (Fsp3) is 0.733. The monoisotopic (exact) mass is 634 g/mol. The quantitative estimate of drug-likeness (QED) is 0.289. The number of fused-ring (bicyclic) bond motifs is 1.